The molecule has 0 saturated heterocycles. The number of hydrogen-bond acceptors (Lipinski definition) is 4. The fourth-order valence-electron chi connectivity index (χ4n) is 2.13. The molecule has 1 heterocycles. The average molecular weight is 338 g/mol. The van der Waals surface area contributed by atoms with Gasteiger partial charge >= 0.3 is 0 Å². The van der Waals surface area contributed by atoms with Crippen LogP contribution in [0.15, 0.2) is 29.0 Å². The SMILES string of the molecule is CCCn1ncnc1CC(NN)c1ccc(C)c(Br)c1. The van der Waals surface area contributed by atoms with Gasteiger partial charge < -0.3 is 0 Å². The molecule has 1 aromatic carbocycles. The van der Waals surface area contributed by atoms with E-state index in [1.54, 1.807) is 6.33 Å². The van der Waals surface area contributed by atoms with Gasteiger partial charge in [-0.25, -0.2) is 4.98 Å². The monoisotopic (exact) mass is 337 g/mol. The summed E-state index contributed by atoms with van der Waals surface area (Å²) < 4.78 is 3.03. The molecule has 2 aromatic rings. The first-order valence-corrected chi connectivity index (χ1v) is 7.53. The number of hydrazine groups is 1. The maximum absolute atomic E-state index is 5.71. The predicted octanol–water partition coefficient (Wildman–Crippen LogP) is 2.51. The fourth-order valence-corrected chi connectivity index (χ4v) is 2.52. The Morgan fingerprint density at radius 3 is 2.90 bits per heavy atom. The molecule has 0 fully saturated rings. The van der Waals surface area contributed by atoms with Gasteiger partial charge in [-0.3, -0.25) is 16.0 Å². The molecule has 0 aliphatic carbocycles. The van der Waals surface area contributed by atoms with Gasteiger partial charge in [-0.15, -0.1) is 0 Å². The summed E-state index contributed by atoms with van der Waals surface area (Å²) in [6.07, 6.45) is 3.35. The number of nitrogens with two attached hydrogens (primary N) is 1. The van der Waals surface area contributed by atoms with Crippen LogP contribution in [0.5, 0.6) is 0 Å². The van der Waals surface area contributed by atoms with Crippen LogP contribution in [0.2, 0.25) is 0 Å². The van der Waals surface area contributed by atoms with Gasteiger partial charge in [0.15, 0.2) is 0 Å². The lowest BCUT2D eigenvalue weighted by Gasteiger charge is -2.17. The normalized spacial score (nSPS) is 12.6. The molecule has 2 rings (SSSR count). The Morgan fingerprint density at radius 1 is 1.45 bits per heavy atom. The van der Waals surface area contributed by atoms with Crippen molar-refractivity contribution in [2.24, 2.45) is 5.84 Å². The molecule has 1 atom stereocenters. The summed E-state index contributed by atoms with van der Waals surface area (Å²) in [6, 6.07) is 6.29. The summed E-state index contributed by atoms with van der Waals surface area (Å²) >= 11 is 3.56. The van der Waals surface area contributed by atoms with Crippen molar-refractivity contribution in [1.82, 2.24) is 20.2 Å². The minimum absolute atomic E-state index is 0.0201. The maximum Gasteiger partial charge on any atom is 0.138 e. The second-order valence-corrected chi connectivity index (χ2v) is 5.69. The molecule has 0 bridgehead atoms. The highest BCUT2D eigenvalue weighted by atomic mass is 79.9. The van der Waals surface area contributed by atoms with Gasteiger partial charge in [0, 0.05) is 17.4 Å². The Morgan fingerprint density at radius 2 is 2.25 bits per heavy atom. The molecule has 0 saturated carbocycles. The molecule has 6 heteroatoms. The van der Waals surface area contributed by atoms with E-state index in [1.165, 1.54) is 5.56 Å². The molecule has 5 nitrogen and oxygen atoms in total. The summed E-state index contributed by atoms with van der Waals surface area (Å²) in [5.41, 5.74) is 5.21. The number of hydrogen-bond donors (Lipinski definition) is 2. The van der Waals surface area contributed by atoms with Gasteiger partial charge in [0.25, 0.3) is 0 Å². The number of nitrogens with zero attached hydrogens (tertiary/aromatic N) is 3. The maximum atomic E-state index is 5.71. The van der Waals surface area contributed by atoms with Gasteiger partial charge in [-0.2, -0.15) is 5.10 Å². The molecule has 108 valence electrons. The summed E-state index contributed by atoms with van der Waals surface area (Å²) in [5.74, 6) is 6.66. The van der Waals surface area contributed by atoms with E-state index in [9.17, 15) is 0 Å². The van der Waals surface area contributed by atoms with Crippen LogP contribution in [-0.4, -0.2) is 14.8 Å². The standard InChI is InChI=1S/C14H20BrN5/c1-3-6-20-14(17-9-18-20)8-13(19-16)11-5-4-10(2)12(15)7-11/h4-5,7,9,13,19H,3,6,8,16H2,1-2H3. The van der Waals surface area contributed by atoms with Crippen LogP contribution in [0.25, 0.3) is 0 Å². The number of nitrogens with one attached hydrogen (secondary N) is 1. The van der Waals surface area contributed by atoms with Crippen LogP contribution >= 0.6 is 15.9 Å². The lowest BCUT2D eigenvalue weighted by atomic mass is 10.0. The van der Waals surface area contributed by atoms with Crippen molar-refractivity contribution in [3.05, 3.63) is 46.0 Å². The van der Waals surface area contributed by atoms with Crippen LogP contribution < -0.4 is 11.3 Å². The minimum Gasteiger partial charge on any atom is -0.271 e. The lowest BCUT2D eigenvalue weighted by Crippen LogP contribution is -2.30. The van der Waals surface area contributed by atoms with Crippen molar-refractivity contribution in [2.75, 3.05) is 0 Å². The number of halogens is 1. The molecule has 0 amide bonds. The molecular formula is C14H20BrN5. The highest BCUT2D eigenvalue weighted by Crippen LogP contribution is 2.23. The average Bonchev–Trinajstić information content (AvgIpc) is 2.87. The molecule has 0 radical (unpaired) electrons. The highest BCUT2D eigenvalue weighted by molar-refractivity contribution is 9.10. The van der Waals surface area contributed by atoms with Gasteiger partial charge in [-0.05, 0) is 30.5 Å². The highest BCUT2D eigenvalue weighted by Gasteiger charge is 2.15. The molecule has 0 aliphatic rings. The number of benzene rings is 1. The Labute approximate surface area is 127 Å². The fraction of sp³-hybridized carbons (Fsp3) is 0.429. The topological polar surface area (TPSA) is 68.8 Å². The van der Waals surface area contributed by atoms with Crippen molar-refractivity contribution in [3.63, 3.8) is 0 Å². The minimum atomic E-state index is 0.0201. The lowest BCUT2D eigenvalue weighted by molar-refractivity contribution is 0.499. The second kappa shape index (κ2) is 6.97. The third-order valence-corrected chi connectivity index (χ3v) is 4.17. The van der Waals surface area contributed by atoms with E-state index in [4.69, 9.17) is 5.84 Å². The molecule has 1 aromatic heterocycles. The quantitative estimate of drug-likeness (QED) is 0.627. The Balaban J connectivity index is 2.19. The van der Waals surface area contributed by atoms with E-state index in [0.29, 0.717) is 6.42 Å². The molecular weight excluding hydrogens is 318 g/mol. The summed E-state index contributed by atoms with van der Waals surface area (Å²) in [6.45, 7) is 5.07. The van der Waals surface area contributed by atoms with Gasteiger partial charge in [0.1, 0.15) is 12.2 Å². The van der Waals surface area contributed by atoms with E-state index >= 15 is 0 Å². The van der Waals surface area contributed by atoms with Crippen LogP contribution in [0.1, 0.15) is 36.3 Å². The van der Waals surface area contributed by atoms with Crippen molar-refractivity contribution >= 4 is 15.9 Å². The number of aryl methyl sites for hydroxylation is 2. The molecule has 1 unspecified atom stereocenters. The van der Waals surface area contributed by atoms with Crippen molar-refractivity contribution in [1.29, 1.82) is 0 Å². The zero-order valence-corrected chi connectivity index (χ0v) is 13.4. The van der Waals surface area contributed by atoms with Gasteiger partial charge in [-0.1, -0.05) is 35.0 Å². The first kappa shape index (κ1) is 15.2. The zero-order chi connectivity index (χ0) is 14.5. The van der Waals surface area contributed by atoms with Gasteiger partial charge in [0.05, 0.1) is 6.04 Å². The molecule has 0 spiro atoms. The Hall–Kier alpha value is -1.24. The second-order valence-electron chi connectivity index (χ2n) is 4.83. The van der Waals surface area contributed by atoms with Gasteiger partial charge in [0.2, 0.25) is 0 Å². The van der Waals surface area contributed by atoms with Crippen molar-refractivity contribution in [3.8, 4) is 0 Å². The smallest absolute Gasteiger partial charge is 0.138 e. The van der Waals surface area contributed by atoms with Crippen LogP contribution in [0.4, 0.5) is 0 Å². The van der Waals surface area contributed by atoms with E-state index < -0.39 is 0 Å². The third-order valence-electron chi connectivity index (χ3n) is 3.32. The third kappa shape index (κ3) is 3.45. The van der Waals surface area contributed by atoms with E-state index in [2.05, 4.69) is 63.5 Å². The first-order chi connectivity index (χ1) is 9.65. The molecule has 0 aliphatic heterocycles. The predicted molar refractivity (Wildman–Crippen MR) is 83.0 cm³/mol. The van der Waals surface area contributed by atoms with E-state index in [0.717, 1.165) is 28.8 Å². The number of aromatic nitrogens is 3. The summed E-state index contributed by atoms with van der Waals surface area (Å²) in [7, 11) is 0. The van der Waals surface area contributed by atoms with Crippen molar-refractivity contribution in [2.45, 2.75) is 39.3 Å². The molecule has 3 N–H and O–H groups in total. The number of rotatable bonds is 6. The van der Waals surface area contributed by atoms with E-state index in [-0.39, 0.29) is 6.04 Å². The Kier molecular flexibility index (Phi) is 5.28. The summed E-state index contributed by atoms with van der Waals surface area (Å²) in [4.78, 5) is 4.33. The van der Waals surface area contributed by atoms with Crippen LogP contribution in [0, 0.1) is 6.92 Å². The van der Waals surface area contributed by atoms with Crippen molar-refractivity contribution < 1.29 is 0 Å². The Bertz CT molecular complexity index is 566. The zero-order valence-electron chi connectivity index (χ0n) is 11.8. The van der Waals surface area contributed by atoms with Crippen LogP contribution in [0.3, 0.4) is 0 Å². The largest absolute Gasteiger partial charge is 0.271 e. The van der Waals surface area contributed by atoms with Crippen LogP contribution in [-0.2, 0) is 13.0 Å². The first-order valence-electron chi connectivity index (χ1n) is 6.74. The summed E-state index contributed by atoms with van der Waals surface area (Å²) in [5, 5.41) is 4.25. The van der Waals surface area contributed by atoms with E-state index in [1.807, 2.05) is 4.68 Å². The molecule has 20 heavy (non-hydrogen) atoms.